The Morgan fingerprint density at radius 1 is 1.00 bits per heavy atom. The second-order valence-corrected chi connectivity index (χ2v) is 10.7. The van der Waals surface area contributed by atoms with Crippen LogP contribution in [0.15, 0.2) is 60.0 Å². The van der Waals surface area contributed by atoms with Crippen LogP contribution in [-0.4, -0.2) is 70.0 Å². The first-order valence-electron chi connectivity index (χ1n) is 11.8. The van der Waals surface area contributed by atoms with Crippen molar-refractivity contribution in [2.75, 3.05) is 51.3 Å². The minimum atomic E-state index is -3.51. The summed E-state index contributed by atoms with van der Waals surface area (Å²) in [4.78, 5) is 17.3. The molecule has 0 aromatic heterocycles. The van der Waals surface area contributed by atoms with E-state index in [9.17, 15) is 13.2 Å². The molecule has 8 heteroatoms. The summed E-state index contributed by atoms with van der Waals surface area (Å²) in [5.41, 5.74) is 3.11. The molecule has 0 radical (unpaired) electrons. The van der Waals surface area contributed by atoms with Gasteiger partial charge < -0.3 is 14.5 Å². The van der Waals surface area contributed by atoms with Crippen molar-refractivity contribution >= 4 is 27.7 Å². The van der Waals surface area contributed by atoms with Crippen LogP contribution in [0.5, 0.6) is 0 Å². The number of piperidine rings is 1. The summed E-state index contributed by atoms with van der Waals surface area (Å²) in [6.07, 6.45) is 2.69. The maximum absolute atomic E-state index is 13.2. The van der Waals surface area contributed by atoms with Gasteiger partial charge in [-0.15, -0.1) is 0 Å². The van der Waals surface area contributed by atoms with Crippen LogP contribution in [0.3, 0.4) is 0 Å². The molecule has 2 aliphatic heterocycles. The van der Waals surface area contributed by atoms with E-state index in [1.807, 2.05) is 49.5 Å². The van der Waals surface area contributed by atoms with Gasteiger partial charge in [-0.05, 0) is 36.1 Å². The van der Waals surface area contributed by atoms with Gasteiger partial charge in [-0.3, -0.25) is 4.79 Å². The van der Waals surface area contributed by atoms with Crippen LogP contribution < -0.4 is 4.90 Å². The van der Waals surface area contributed by atoms with Crippen molar-refractivity contribution < 1.29 is 17.9 Å². The van der Waals surface area contributed by atoms with E-state index in [2.05, 4.69) is 17.0 Å². The minimum Gasteiger partial charge on any atom is -0.378 e. The van der Waals surface area contributed by atoms with Crippen LogP contribution >= 0.6 is 0 Å². The topological polar surface area (TPSA) is 70.2 Å². The largest absolute Gasteiger partial charge is 0.378 e. The van der Waals surface area contributed by atoms with Gasteiger partial charge in [0.2, 0.25) is 15.9 Å². The lowest BCUT2D eigenvalue weighted by Crippen LogP contribution is -2.43. The van der Waals surface area contributed by atoms with Crippen molar-refractivity contribution in [1.29, 1.82) is 0 Å². The number of morpholine rings is 1. The maximum atomic E-state index is 13.2. The highest BCUT2D eigenvalue weighted by atomic mass is 32.2. The molecular formula is C26H33N3O4S. The van der Waals surface area contributed by atoms with Crippen molar-refractivity contribution in [2.45, 2.75) is 19.4 Å². The summed E-state index contributed by atoms with van der Waals surface area (Å²) in [6, 6.07) is 17.6. The molecular weight excluding hydrogens is 450 g/mol. The number of anilines is 1. The van der Waals surface area contributed by atoms with Crippen LogP contribution in [0.1, 0.15) is 24.0 Å². The number of benzene rings is 2. The number of amides is 1. The number of sulfonamides is 1. The second kappa shape index (κ2) is 11.2. The van der Waals surface area contributed by atoms with E-state index in [0.29, 0.717) is 45.7 Å². The molecule has 0 bridgehead atoms. The average Bonchev–Trinajstić information content (AvgIpc) is 2.88. The fraction of sp³-hybridized carbons (Fsp3) is 0.423. The Balaban J connectivity index is 1.33. The normalized spacial score (nSPS) is 18.3. The molecule has 0 unspecified atom stereocenters. The number of para-hydroxylation sites is 1. The lowest BCUT2D eigenvalue weighted by atomic mass is 9.96. The monoisotopic (exact) mass is 483 g/mol. The SMILES string of the molecule is CN(Cc1ccccc1N1CCOCC1)C(=O)C1CCN(S(=O)(=O)/C=C/c2ccccc2)CC1. The highest BCUT2D eigenvalue weighted by Gasteiger charge is 2.31. The molecule has 0 spiro atoms. The number of carbonyl (C=O) groups is 1. The standard InChI is InChI=1S/C26H33N3O4S/c1-27(21-24-9-5-6-10-25(24)28-16-18-33-19-17-28)26(30)23-11-14-29(15-12-23)34(31,32)20-13-22-7-3-2-4-8-22/h2-10,13,20,23H,11-12,14-19,21H2,1H3/b20-13+. The van der Waals surface area contributed by atoms with Crippen LogP contribution in [0.2, 0.25) is 0 Å². The zero-order valence-electron chi connectivity index (χ0n) is 19.7. The van der Waals surface area contributed by atoms with E-state index in [0.717, 1.165) is 29.9 Å². The molecule has 7 nitrogen and oxygen atoms in total. The van der Waals surface area contributed by atoms with E-state index in [-0.39, 0.29) is 11.8 Å². The molecule has 2 aromatic rings. The third-order valence-electron chi connectivity index (χ3n) is 6.52. The number of ether oxygens (including phenoxy) is 1. The zero-order chi connectivity index (χ0) is 24.0. The molecule has 1 amide bonds. The Kier molecular flexibility index (Phi) is 8.03. The zero-order valence-corrected chi connectivity index (χ0v) is 20.5. The van der Waals surface area contributed by atoms with Crippen molar-refractivity contribution in [1.82, 2.24) is 9.21 Å². The van der Waals surface area contributed by atoms with E-state index in [1.54, 1.807) is 11.0 Å². The van der Waals surface area contributed by atoms with Crippen molar-refractivity contribution in [3.05, 3.63) is 71.1 Å². The van der Waals surface area contributed by atoms with Crippen LogP contribution in [0, 0.1) is 5.92 Å². The first-order chi connectivity index (χ1) is 16.4. The minimum absolute atomic E-state index is 0.0775. The summed E-state index contributed by atoms with van der Waals surface area (Å²) in [6.45, 7) is 4.37. The number of hydrogen-bond acceptors (Lipinski definition) is 5. The van der Waals surface area contributed by atoms with Crippen LogP contribution in [0.4, 0.5) is 5.69 Å². The Bertz CT molecular complexity index is 1090. The summed E-state index contributed by atoms with van der Waals surface area (Å²) in [5, 5.41) is 1.26. The smallest absolute Gasteiger partial charge is 0.236 e. The van der Waals surface area contributed by atoms with Crippen LogP contribution in [0.25, 0.3) is 6.08 Å². The fourth-order valence-electron chi connectivity index (χ4n) is 4.57. The number of hydrogen-bond donors (Lipinski definition) is 0. The first-order valence-corrected chi connectivity index (χ1v) is 13.3. The lowest BCUT2D eigenvalue weighted by molar-refractivity contribution is -0.135. The predicted molar refractivity (Wildman–Crippen MR) is 135 cm³/mol. The van der Waals surface area contributed by atoms with Gasteiger partial charge in [0, 0.05) is 56.8 Å². The van der Waals surface area contributed by atoms with Gasteiger partial charge in [0.1, 0.15) is 0 Å². The van der Waals surface area contributed by atoms with E-state index >= 15 is 0 Å². The molecule has 2 fully saturated rings. The molecule has 0 aliphatic carbocycles. The molecule has 4 rings (SSSR count). The van der Waals surface area contributed by atoms with Gasteiger partial charge in [0.25, 0.3) is 0 Å². The van der Waals surface area contributed by atoms with Gasteiger partial charge in [-0.1, -0.05) is 48.5 Å². The van der Waals surface area contributed by atoms with E-state index in [4.69, 9.17) is 4.74 Å². The quantitative estimate of drug-likeness (QED) is 0.605. The van der Waals surface area contributed by atoms with Gasteiger partial charge in [0.05, 0.1) is 13.2 Å². The Labute approximate surface area is 202 Å². The number of carbonyl (C=O) groups excluding carboxylic acids is 1. The Morgan fingerprint density at radius 3 is 2.35 bits per heavy atom. The van der Waals surface area contributed by atoms with Gasteiger partial charge >= 0.3 is 0 Å². The van der Waals surface area contributed by atoms with E-state index in [1.165, 1.54) is 9.71 Å². The average molecular weight is 484 g/mol. The molecule has 182 valence electrons. The van der Waals surface area contributed by atoms with Crippen molar-refractivity contribution in [3.8, 4) is 0 Å². The summed E-state index contributed by atoms with van der Waals surface area (Å²) >= 11 is 0. The highest BCUT2D eigenvalue weighted by Crippen LogP contribution is 2.26. The van der Waals surface area contributed by atoms with Crippen molar-refractivity contribution in [2.24, 2.45) is 5.92 Å². The molecule has 0 N–H and O–H groups in total. The lowest BCUT2D eigenvalue weighted by Gasteiger charge is -2.33. The third-order valence-corrected chi connectivity index (χ3v) is 8.09. The molecule has 34 heavy (non-hydrogen) atoms. The summed E-state index contributed by atoms with van der Waals surface area (Å²) < 4.78 is 32.4. The maximum Gasteiger partial charge on any atom is 0.236 e. The fourth-order valence-corrected chi connectivity index (χ4v) is 5.80. The Morgan fingerprint density at radius 2 is 1.65 bits per heavy atom. The summed E-state index contributed by atoms with van der Waals surface area (Å²) in [5.74, 6) is -0.0845. The third kappa shape index (κ3) is 6.05. The highest BCUT2D eigenvalue weighted by molar-refractivity contribution is 7.92. The van der Waals surface area contributed by atoms with Crippen LogP contribution in [-0.2, 0) is 26.1 Å². The Hall–Kier alpha value is -2.68. The number of rotatable bonds is 7. The van der Waals surface area contributed by atoms with Crippen molar-refractivity contribution in [3.63, 3.8) is 0 Å². The molecule has 0 saturated carbocycles. The molecule has 2 heterocycles. The van der Waals surface area contributed by atoms with E-state index < -0.39 is 10.0 Å². The summed E-state index contributed by atoms with van der Waals surface area (Å²) in [7, 11) is -1.67. The predicted octanol–water partition coefficient (Wildman–Crippen LogP) is 3.19. The van der Waals surface area contributed by atoms with Gasteiger partial charge in [-0.25, -0.2) is 8.42 Å². The molecule has 2 aromatic carbocycles. The molecule has 2 saturated heterocycles. The van der Waals surface area contributed by atoms with Gasteiger partial charge in [-0.2, -0.15) is 4.31 Å². The molecule has 2 aliphatic rings. The first kappa shape index (κ1) is 24.4. The second-order valence-electron chi connectivity index (χ2n) is 8.85. The van der Waals surface area contributed by atoms with Gasteiger partial charge in [0.15, 0.2) is 0 Å². The number of nitrogens with zero attached hydrogens (tertiary/aromatic N) is 3. The molecule has 0 atom stereocenters.